The summed E-state index contributed by atoms with van der Waals surface area (Å²) in [7, 11) is 5.15. The average molecular weight is 407 g/mol. The van der Waals surface area contributed by atoms with Crippen molar-refractivity contribution < 1.29 is 19.4 Å². The Kier molecular flexibility index (Phi) is 6.61. The van der Waals surface area contributed by atoms with Crippen molar-refractivity contribution in [1.29, 1.82) is 0 Å². The van der Waals surface area contributed by atoms with E-state index < -0.39 is 0 Å². The SMILES string of the molecule is CN(C)C(=O)CN1CCO[C@H](c2c(C(=O)N(C)CCO)sc3ncccc23)C1. The van der Waals surface area contributed by atoms with Gasteiger partial charge in [-0.15, -0.1) is 11.3 Å². The van der Waals surface area contributed by atoms with Gasteiger partial charge in [0.1, 0.15) is 9.71 Å². The smallest absolute Gasteiger partial charge is 0.264 e. The minimum Gasteiger partial charge on any atom is -0.395 e. The zero-order valence-corrected chi connectivity index (χ0v) is 17.2. The van der Waals surface area contributed by atoms with Gasteiger partial charge in [0, 0.05) is 57.9 Å². The number of likely N-dealkylation sites (N-methyl/N-ethyl adjacent to an activating group) is 2. The molecular weight excluding hydrogens is 380 g/mol. The second-order valence-electron chi connectivity index (χ2n) is 7.03. The predicted octanol–water partition coefficient (Wildman–Crippen LogP) is 0.822. The lowest BCUT2D eigenvalue weighted by molar-refractivity contribution is -0.132. The molecule has 1 atom stereocenters. The normalized spacial score (nSPS) is 17.6. The maximum Gasteiger partial charge on any atom is 0.264 e. The van der Waals surface area contributed by atoms with Crippen molar-refractivity contribution in [2.75, 3.05) is 60.5 Å². The molecule has 8 nitrogen and oxygen atoms in total. The quantitative estimate of drug-likeness (QED) is 0.765. The predicted molar refractivity (Wildman–Crippen MR) is 107 cm³/mol. The lowest BCUT2D eigenvalue weighted by Gasteiger charge is -2.33. The van der Waals surface area contributed by atoms with Crippen molar-refractivity contribution in [3.63, 3.8) is 0 Å². The number of carbonyl (C=O) groups is 2. The lowest BCUT2D eigenvalue weighted by atomic mass is 10.0. The molecule has 1 N–H and O–H groups in total. The van der Waals surface area contributed by atoms with Gasteiger partial charge in [0.25, 0.3) is 5.91 Å². The summed E-state index contributed by atoms with van der Waals surface area (Å²) in [6.45, 7) is 2.17. The van der Waals surface area contributed by atoms with Crippen LogP contribution in [0.4, 0.5) is 0 Å². The van der Waals surface area contributed by atoms with E-state index in [-0.39, 0.29) is 31.1 Å². The van der Waals surface area contributed by atoms with Crippen LogP contribution in [-0.2, 0) is 9.53 Å². The van der Waals surface area contributed by atoms with Crippen LogP contribution in [0.25, 0.3) is 10.2 Å². The molecule has 0 spiro atoms. The number of aliphatic hydroxyl groups is 1. The molecule has 3 heterocycles. The van der Waals surface area contributed by atoms with Crippen molar-refractivity contribution in [1.82, 2.24) is 19.7 Å². The van der Waals surface area contributed by atoms with E-state index in [0.717, 1.165) is 15.8 Å². The van der Waals surface area contributed by atoms with Crippen LogP contribution in [0, 0.1) is 0 Å². The molecule has 28 heavy (non-hydrogen) atoms. The first-order valence-electron chi connectivity index (χ1n) is 9.20. The van der Waals surface area contributed by atoms with E-state index in [1.165, 1.54) is 16.2 Å². The molecule has 0 saturated carbocycles. The van der Waals surface area contributed by atoms with Gasteiger partial charge in [-0.2, -0.15) is 0 Å². The number of carbonyl (C=O) groups excluding carboxylic acids is 2. The Morgan fingerprint density at radius 2 is 2.18 bits per heavy atom. The molecule has 152 valence electrons. The molecule has 0 aliphatic carbocycles. The molecule has 1 aliphatic heterocycles. The summed E-state index contributed by atoms with van der Waals surface area (Å²) < 4.78 is 6.03. The summed E-state index contributed by atoms with van der Waals surface area (Å²) in [5.74, 6) is -0.117. The van der Waals surface area contributed by atoms with E-state index in [1.807, 2.05) is 12.1 Å². The van der Waals surface area contributed by atoms with E-state index in [4.69, 9.17) is 4.74 Å². The maximum atomic E-state index is 13.0. The molecule has 0 bridgehead atoms. The van der Waals surface area contributed by atoms with E-state index in [2.05, 4.69) is 9.88 Å². The van der Waals surface area contributed by atoms with Crippen molar-refractivity contribution in [2.45, 2.75) is 6.10 Å². The van der Waals surface area contributed by atoms with E-state index in [0.29, 0.717) is 31.1 Å². The number of aliphatic hydroxyl groups excluding tert-OH is 1. The topological polar surface area (TPSA) is 86.2 Å². The summed E-state index contributed by atoms with van der Waals surface area (Å²) in [6.07, 6.45) is 1.39. The van der Waals surface area contributed by atoms with E-state index in [1.54, 1.807) is 32.2 Å². The molecule has 3 rings (SSSR count). The number of rotatable bonds is 6. The van der Waals surface area contributed by atoms with Crippen LogP contribution in [0.3, 0.4) is 0 Å². The lowest BCUT2D eigenvalue weighted by Crippen LogP contribution is -2.44. The first-order chi connectivity index (χ1) is 13.4. The molecule has 2 aromatic heterocycles. The third-order valence-electron chi connectivity index (χ3n) is 4.81. The minimum absolute atomic E-state index is 0.0384. The fraction of sp³-hybridized carbons (Fsp3) is 0.526. The van der Waals surface area contributed by atoms with Crippen LogP contribution in [0.1, 0.15) is 21.3 Å². The molecule has 2 aromatic rings. The van der Waals surface area contributed by atoms with Crippen LogP contribution >= 0.6 is 11.3 Å². The maximum absolute atomic E-state index is 13.0. The fourth-order valence-electron chi connectivity index (χ4n) is 3.21. The Hall–Kier alpha value is -2.07. The van der Waals surface area contributed by atoms with Crippen LogP contribution < -0.4 is 0 Å². The third kappa shape index (κ3) is 4.33. The second-order valence-corrected chi connectivity index (χ2v) is 8.03. The van der Waals surface area contributed by atoms with Crippen molar-refractivity contribution in [3.8, 4) is 0 Å². The molecule has 1 aliphatic rings. The number of thiophene rings is 1. The van der Waals surface area contributed by atoms with Gasteiger partial charge in [-0.25, -0.2) is 4.98 Å². The number of pyridine rings is 1. The summed E-state index contributed by atoms with van der Waals surface area (Å²) in [5.41, 5.74) is 0.824. The summed E-state index contributed by atoms with van der Waals surface area (Å²) in [5, 5.41) is 10.1. The molecule has 1 fully saturated rings. The highest BCUT2D eigenvalue weighted by Crippen LogP contribution is 2.37. The molecule has 1 saturated heterocycles. The Labute approximate surface area is 168 Å². The number of hydrogen-bond donors (Lipinski definition) is 1. The number of hydrogen-bond acceptors (Lipinski definition) is 7. The summed E-state index contributed by atoms with van der Waals surface area (Å²) in [4.78, 5) is 36.0. The fourth-order valence-corrected chi connectivity index (χ4v) is 4.40. The van der Waals surface area contributed by atoms with Crippen molar-refractivity contribution in [3.05, 3.63) is 28.8 Å². The zero-order valence-electron chi connectivity index (χ0n) is 16.4. The second kappa shape index (κ2) is 8.95. The van der Waals surface area contributed by atoms with Gasteiger partial charge in [0.05, 0.1) is 25.9 Å². The Morgan fingerprint density at radius 1 is 1.39 bits per heavy atom. The molecule has 0 unspecified atom stereocenters. The van der Waals surface area contributed by atoms with Crippen LogP contribution in [0.15, 0.2) is 18.3 Å². The monoisotopic (exact) mass is 406 g/mol. The van der Waals surface area contributed by atoms with E-state index >= 15 is 0 Å². The number of aromatic nitrogens is 1. The van der Waals surface area contributed by atoms with Gasteiger partial charge in [-0.05, 0) is 6.07 Å². The molecule has 2 amide bonds. The average Bonchev–Trinajstić information content (AvgIpc) is 3.07. The molecular formula is C19H26N4O4S. The van der Waals surface area contributed by atoms with Gasteiger partial charge in [0.15, 0.2) is 0 Å². The van der Waals surface area contributed by atoms with Crippen LogP contribution in [0.5, 0.6) is 0 Å². The van der Waals surface area contributed by atoms with Gasteiger partial charge in [-0.1, -0.05) is 6.07 Å². The Bertz CT molecular complexity index is 854. The standard InChI is InChI=1S/C19H26N4O4S/c1-21(2)15(25)12-23-8-10-27-14(11-23)16-13-5-4-6-20-18(13)28-17(16)19(26)22(3)7-9-24/h4-6,14,24H,7-12H2,1-3H3/t14-/m0/s1. The zero-order chi connectivity index (χ0) is 20.3. The number of morpholine rings is 1. The van der Waals surface area contributed by atoms with Crippen LogP contribution in [0.2, 0.25) is 0 Å². The largest absolute Gasteiger partial charge is 0.395 e. The number of ether oxygens (including phenoxy) is 1. The Morgan fingerprint density at radius 3 is 2.89 bits per heavy atom. The van der Waals surface area contributed by atoms with Gasteiger partial charge in [-0.3, -0.25) is 14.5 Å². The molecule has 0 radical (unpaired) electrons. The minimum atomic E-state index is -0.317. The Balaban J connectivity index is 1.93. The van der Waals surface area contributed by atoms with E-state index in [9.17, 15) is 14.7 Å². The third-order valence-corrected chi connectivity index (χ3v) is 5.93. The molecule has 0 aromatic carbocycles. The number of nitrogens with zero attached hydrogens (tertiary/aromatic N) is 4. The number of fused-ring (bicyclic) bond motifs is 1. The van der Waals surface area contributed by atoms with Gasteiger partial charge in [0.2, 0.25) is 5.91 Å². The first-order valence-corrected chi connectivity index (χ1v) is 10.0. The van der Waals surface area contributed by atoms with Crippen molar-refractivity contribution >= 4 is 33.4 Å². The molecule has 9 heteroatoms. The van der Waals surface area contributed by atoms with Gasteiger partial charge < -0.3 is 19.6 Å². The first kappa shape index (κ1) is 20.7. The highest BCUT2D eigenvalue weighted by Gasteiger charge is 2.31. The van der Waals surface area contributed by atoms with Gasteiger partial charge >= 0.3 is 0 Å². The number of amides is 2. The van der Waals surface area contributed by atoms with Crippen LogP contribution in [-0.4, -0.2) is 97.1 Å². The van der Waals surface area contributed by atoms with Crippen molar-refractivity contribution in [2.24, 2.45) is 0 Å². The summed E-state index contributed by atoms with van der Waals surface area (Å²) in [6, 6.07) is 3.80. The summed E-state index contributed by atoms with van der Waals surface area (Å²) >= 11 is 1.34. The highest BCUT2D eigenvalue weighted by molar-refractivity contribution is 7.20. The highest BCUT2D eigenvalue weighted by atomic mass is 32.1.